The maximum absolute atomic E-state index is 12.9. The van der Waals surface area contributed by atoms with Gasteiger partial charge in [0.15, 0.2) is 0 Å². The van der Waals surface area contributed by atoms with Crippen LogP contribution in [0.3, 0.4) is 0 Å². The van der Waals surface area contributed by atoms with Crippen LogP contribution in [-0.2, 0) is 0 Å². The van der Waals surface area contributed by atoms with Crippen LogP contribution in [0.1, 0.15) is 5.56 Å². The number of nitrogens with two attached hydrogens (primary N) is 1. The van der Waals surface area contributed by atoms with E-state index in [0.29, 0.717) is 0 Å². The molecule has 0 unspecified atom stereocenters. The molecule has 3 rings (SSSR count). The van der Waals surface area contributed by atoms with Crippen LogP contribution < -0.4 is 5.73 Å². The molecular weight excluding hydrogens is 299 g/mol. The summed E-state index contributed by atoms with van der Waals surface area (Å²) in [6, 6.07) is 8.95. The third-order valence-electron chi connectivity index (χ3n) is 3.14. The summed E-state index contributed by atoms with van der Waals surface area (Å²) < 4.78 is 14.0. The summed E-state index contributed by atoms with van der Waals surface area (Å²) in [4.78, 5) is 12.2. The summed E-state index contributed by atoms with van der Waals surface area (Å²) in [6.07, 6.45) is 4.71. The topological polar surface area (TPSA) is 64.2 Å². The zero-order valence-corrected chi connectivity index (χ0v) is 12.6. The van der Waals surface area contributed by atoms with E-state index in [9.17, 15) is 4.39 Å². The van der Waals surface area contributed by atoms with Gasteiger partial charge in [-0.05, 0) is 29.8 Å². The number of rotatable bonds is 3. The minimum atomic E-state index is -0.497. The molecule has 0 fully saturated rings. The molecule has 6 heteroatoms. The first-order valence-electron chi connectivity index (χ1n) is 6.58. The first-order chi connectivity index (χ1) is 10.7. The standard InChI is InChI=1S/C16H13FN4S/c1-19-8-12(7-18)10-2-4-14-13(6-10)21-16(22-14)11-3-5-15(17)20-9-11/h2-9H,18H2,1H3. The lowest BCUT2D eigenvalue weighted by Crippen LogP contribution is -1.91. The number of hydrogen-bond acceptors (Lipinski definition) is 5. The van der Waals surface area contributed by atoms with E-state index >= 15 is 0 Å². The van der Waals surface area contributed by atoms with E-state index in [1.807, 2.05) is 18.2 Å². The van der Waals surface area contributed by atoms with Crippen LogP contribution in [0.5, 0.6) is 0 Å². The van der Waals surface area contributed by atoms with Crippen molar-refractivity contribution < 1.29 is 4.39 Å². The molecule has 0 bridgehead atoms. The lowest BCUT2D eigenvalue weighted by molar-refractivity contribution is 0.584. The largest absolute Gasteiger partial charge is 0.404 e. The monoisotopic (exact) mass is 312 g/mol. The van der Waals surface area contributed by atoms with Crippen LogP contribution >= 0.6 is 11.3 Å². The van der Waals surface area contributed by atoms with Gasteiger partial charge in [0.1, 0.15) is 5.01 Å². The van der Waals surface area contributed by atoms with Crippen LogP contribution in [0.4, 0.5) is 4.39 Å². The van der Waals surface area contributed by atoms with Gasteiger partial charge in [-0.2, -0.15) is 4.39 Å². The van der Waals surface area contributed by atoms with Gasteiger partial charge in [-0.25, -0.2) is 9.97 Å². The molecule has 2 heterocycles. The molecule has 2 N–H and O–H groups in total. The molecular formula is C16H13FN4S. The van der Waals surface area contributed by atoms with Crippen molar-refractivity contribution in [2.45, 2.75) is 0 Å². The maximum atomic E-state index is 12.9. The lowest BCUT2D eigenvalue weighted by Gasteiger charge is -2.00. The molecule has 22 heavy (non-hydrogen) atoms. The number of halogens is 1. The van der Waals surface area contributed by atoms with E-state index in [-0.39, 0.29) is 0 Å². The molecule has 0 aliphatic heterocycles. The molecule has 0 aliphatic rings. The van der Waals surface area contributed by atoms with Gasteiger partial charge in [0.25, 0.3) is 0 Å². The third kappa shape index (κ3) is 2.73. The molecule has 1 aromatic carbocycles. The molecule has 3 aromatic rings. The molecule has 0 spiro atoms. The van der Waals surface area contributed by atoms with Gasteiger partial charge in [-0.15, -0.1) is 11.3 Å². The Bertz CT molecular complexity index is 865. The van der Waals surface area contributed by atoms with E-state index in [1.165, 1.54) is 29.8 Å². The van der Waals surface area contributed by atoms with Gasteiger partial charge in [-0.3, -0.25) is 4.99 Å². The molecule has 0 saturated heterocycles. The van der Waals surface area contributed by atoms with Crippen molar-refractivity contribution in [3.05, 3.63) is 54.2 Å². The van der Waals surface area contributed by atoms with Gasteiger partial charge in [0.05, 0.1) is 10.2 Å². The Kier molecular flexibility index (Phi) is 3.93. The van der Waals surface area contributed by atoms with Crippen LogP contribution in [-0.4, -0.2) is 23.2 Å². The number of thiazole rings is 1. The molecule has 4 nitrogen and oxygen atoms in total. The highest BCUT2D eigenvalue weighted by atomic mass is 32.1. The van der Waals surface area contributed by atoms with E-state index in [1.54, 1.807) is 19.3 Å². The fraction of sp³-hybridized carbons (Fsp3) is 0.0625. The number of benzene rings is 1. The Morgan fingerprint density at radius 2 is 2.18 bits per heavy atom. The summed E-state index contributed by atoms with van der Waals surface area (Å²) in [5.41, 5.74) is 9.09. The van der Waals surface area contributed by atoms with Gasteiger partial charge >= 0.3 is 0 Å². The lowest BCUT2D eigenvalue weighted by atomic mass is 10.1. The predicted molar refractivity (Wildman–Crippen MR) is 89.4 cm³/mol. The number of aromatic nitrogens is 2. The minimum Gasteiger partial charge on any atom is -0.404 e. The predicted octanol–water partition coefficient (Wildman–Crippen LogP) is 3.50. The summed E-state index contributed by atoms with van der Waals surface area (Å²) >= 11 is 1.54. The Morgan fingerprint density at radius 1 is 1.32 bits per heavy atom. The number of hydrogen-bond donors (Lipinski definition) is 1. The maximum Gasteiger partial charge on any atom is 0.212 e. The highest BCUT2D eigenvalue weighted by Crippen LogP contribution is 2.31. The highest BCUT2D eigenvalue weighted by Gasteiger charge is 2.08. The van der Waals surface area contributed by atoms with Crippen molar-refractivity contribution in [3.8, 4) is 10.6 Å². The van der Waals surface area contributed by atoms with Gasteiger partial charge in [-0.1, -0.05) is 6.07 Å². The van der Waals surface area contributed by atoms with E-state index in [2.05, 4.69) is 15.0 Å². The summed E-state index contributed by atoms with van der Waals surface area (Å²) in [6.45, 7) is 0. The molecule has 0 amide bonds. The molecule has 0 aliphatic carbocycles. The van der Waals surface area contributed by atoms with Crippen LogP contribution in [0.2, 0.25) is 0 Å². The van der Waals surface area contributed by atoms with Gasteiger partial charge in [0, 0.05) is 36.8 Å². The zero-order chi connectivity index (χ0) is 15.5. The first-order valence-corrected chi connectivity index (χ1v) is 7.40. The van der Waals surface area contributed by atoms with Crippen molar-refractivity contribution in [2.24, 2.45) is 10.7 Å². The van der Waals surface area contributed by atoms with Crippen LogP contribution in [0.15, 0.2) is 47.7 Å². The van der Waals surface area contributed by atoms with Crippen molar-refractivity contribution in [3.63, 3.8) is 0 Å². The smallest absolute Gasteiger partial charge is 0.212 e. The Morgan fingerprint density at radius 3 is 2.86 bits per heavy atom. The molecule has 0 saturated carbocycles. The molecule has 0 atom stereocenters. The average Bonchev–Trinajstić information content (AvgIpc) is 2.96. The number of fused-ring (bicyclic) bond motifs is 1. The van der Waals surface area contributed by atoms with Crippen LogP contribution in [0, 0.1) is 5.95 Å². The van der Waals surface area contributed by atoms with E-state index in [0.717, 1.165) is 31.9 Å². The number of pyridine rings is 1. The molecule has 110 valence electrons. The Labute approximate surface area is 130 Å². The SMILES string of the molecule is CN=CC(=CN)c1ccc2sc(-c3ccc(F)nc3)nc2c1. The number of nitrogens with zero attached hydrogens (tertiary/aromatic N) is 3. The summed E-state index contributed by atoms with van der Waals surface area (Å²) in [5, 5.41) is 0.807. The number of aliphatic imine (C=N–C) groups is 1. The van der Waals surface area contributed by atoms with Crippen LogP contribution in [0.25, 0.3) is 26.4 Å². The normalized spacial score (nSPS) is 12.4. The average molecular weight is 312 g/mol. The van der Waals surface area contributed by atoms with E-state index in [4.69, 9.17) is 5.73 Å². The van der Waals surface area contributed by atoms with Crippen molar-refractivity contribution >= 4 is 33.3 Å². The van der Waals surface area contributed by atoms with Crippen molar-refractivity contribution in [1.82, 2.24) is 9.97 Å². The molecule has 0 radical (unpaired) electrons. The fourth-order valence-electron chi connectivity index (χ4n) is 2.09. The van der Waals surface area contributed by atoms with Crippen molar-refractivity contribution in [2.75, 3.05) is 7.05 Å². The Balaban J connectivity index is 2.05. The quantitative estimate of drug-likeness (QED) is 0.594. The first kappa shape index (κ1) is 14.3. The zero-order valence-electron chi connectivity index (χ0n) is 11.8. The minimum absolute atomic E-state index is 0.497. The summed E-state index contributed by atoms with van der Waals surface area (Å²) in [5.74, 6) is -0.497. The van der Waals surface area contributed by atoms with Crippen molar-refractivity contribution in [1.29, 1.82) is 0 Å². The Hall–Kier alpha value is -2.60. The molecule has 2 aromatic heterocycles. The number of allylic oxidation sites excluding steroid dienone is 1. The second kappa shape index (κ2) is 6.03. The second-order valence-electron chi connectivity index (χ2n) is 4.58. The third-order valence-corrected chi connectivity index (χ3v) is 4.23. The van der Waals surface area contributed by atoms with Gasteiger partial charge in [0.2, 0.25) is 5.95 Å². The highest BCUT2D eigenvalue weighted by molar-refractivity contribution is 7.21. The van der Waals surface area contributed by atoms with E-state index < -0.39 is 5.95 Å². The van der Waals surface area contributed by atoms with Gasteiger partial charge < -0.3 is 5.73 Å². The fourth-order valence-corrected chi connectivity index (χ4v) is 3.02. The second-order valence-corrected chi connectivity index (χ2v) is 5.61. The summed E-state index contributed by atoms with van der Waals surface area (Å²) in [7, 11) is 1.70.